The first kappa shape index (κ1) is 17.5. The summed E-state index contributed by atoms with van der Waals surface area (Å²) in [5.74, 6) is -0.966. The summed E-state index contributed by atoms with van der Waals surface area (Å²) in [5.41, 5.74) is 4.79. The molecule has 0 aromatic heterocycles. The molecule has 0 unspecified atom stereocenters. The summed E-state index contributed by atoms with van der Waals surface area (Å²) in [6, 6.07) is 11.5. The predicted molar refractivity (Wildman–Crippen MR) is 99.9 cm³/mol. The average Bonchev–Trinajstić information content (AvgIpc) is 2.55. The smallest absolute Gasteiger partial charge is 0.316 e. The van der Waals surface area contributed by atoms with Crippen LogP contribution in [0.25, 0.3) is 0 Å². The highest BCUT2D eigenvalue weighted by atomic mass is 35.5. The van der Waals surface area contributed by atoms with Crippen LogP contribution in [0.3, 0.4) is 0 Å². The van der Waals surface area contributed by atoms with Crippen molar-refractivity contribution in [1.29, 1.82) is 0 Å². The maximum atomic E-state index is 12.6. The molecule has 130 valence electrons. The van der Waals surface area contributed by atoms with Crippen molar-refractivity contribution in [3.63, 3.8) is 0 Å². The molecule has 0 radical (unpaired) electrons. The summed E-state index contributed by atoms with van der Waals surface area (Å²) in [6.07, 6.45) is 0. The Morgan fingerprint density at radius 1 is 0.960 bits per heavy atom. The lowest BCUT2D eigenvalue weighted by molar-refractivity contribution is -0.146. The number of para-hydroxylation sites is 1. The Balaban J connectivity index is 1.81. The van der Waals surface area contributed by atoms with Gasteiger partial charge in [-0.1, -0.05) is 35.9 Å². The van der Waals surface area contributed by atoms with Gasteiger partial charge in [-0.3, -0.25) is 9.59 Å². The second kappa shape index (κ2) is 6.89. The Labute approximate surface area is 153 Å². The first-order valence-corrected chi connectivity index (χ1v) is 8.68. The van der Waals surface area contributed by atoms with Gasteiger partial charge in [-0.25, -0.2) is 0 Å². The van der Waals surface area contributed by atoms with E-state index in [0.29, 0.717) is 24.7 Å². The van der Waals surface area contributed by atoms with Crippen LogP contribution in [0.15, 0.2) is 36.4 Å². The van der Waals surface area contributed by atoms with Crippen molar-refractivity contribution in [2.24, 2.45) is 0 Å². The highest BCUT2D eigenvalue weighted by Gasteiger charge is 2.34. The van der Waals surface area contributed by atoms with Crippen molar-refractivity contribution in [1.82, 2.24) is 4.90 Å². The SMILES string of the molecule is Cc1cc(C)c(CN2CCN(c3ccccc3C)C(=O)C2=O)c(Cl)c1. The van der Waals surface area contributed by atoms with E-state index in [1.54, 1.807) is 9.80 Å². The molecule has 0 saturated carbocycles. The molecule has 0 N–H and O–H groups in total. The van der Waals surface area contributed by atoms with Crippen LogP contribution >= 0.6 is 11.6 Å². The minimum atomic E-state index is -0.485. The molecule has 0 spiro atoms. The Hall–Kier alpha value is -2.33. The molecule has 4 nitrogen and oxygen atoms in total. The van der Waals surface area contributed by atoms with Gasteiger partial charge in [0.05, 0.1) is 0 Å². The monoisotopic (exact) mass is 356 g/mol. The van der Waals surface area contributed by atoms with E-state index < -0.39 is 11.8 Å². The molecule has 3 rings (SSSR count). The lowest BCUT2D eigenvalue weighted by Gasteiger charge is -2.34. The molecule has 0 atom stereocenters. The Kier molecular flexibility index (Phi) is 4.82. The largest absolute Gasteiger partial charge is 0.328 e. The first-order valence-electron chi connectivity index (χ1n) is 8.30. The van der Waals surface area contributed by atoms with E-state index in [1.807, 2.05) is 57.2 Å². The highest BCUT2D eigenvalue weighted by Crippen LogP contribution is 2.26. The standard InChI is InChI=1S/C20H21ClN2O2/c1-13-10-15(3)16(17(21)11-13)12-22-8-9-23(20(25)19(22)24)18-7-5-4-6-14(18)2/h4-7,10-11H,8-9,12H2,1-3H3. The van der Waals surface area contributed by atoms with Crippen LogP contribution < -0.4 is 4.90 Å². The normalized spacial score (nSPS) is 15.0. The number of hydrogen-bond donors (Lipinski definition) is 0. The van der Waals surface area contributed by atoms with E-state index in [-0.39, 0.29) is 0 Å². The van der Waals surface area contributed by atoms with Gasteiger partial charge in [0.25, 0.3) is 0 Å². The molecule has 5 heteroatoms. The minimum absolute atomic E-state index is 0.358. The van der Waals surface area contributed by atoms with Crippen molar-refractivity contribution in [3.05, 3.63) is 63.7 Å². The van der Waals surface area contributed by atoms with Gasteiger partial charge in [-0.05, 0) is 55.2 Å². The third-order valence-corrected chi connectivity index (χ3v) is 4.96. The summed E-state index contributed by atoms with van der Waals surface area (Å²) >= 11 is 6.35. The second-order valence-electron chi connectivity index (χ2n) is 6.51. The summed E-state index contributed by atoms with van der Waals surface area (Å²) in [4.78, 5) is 28.4. The quantitative estimate of drug-likeness (QED) is 0.788. The number of benzene rings is 2. The lowest BCUT2D eigenvalue weighted by Crippen LogP contribution is -2.54. The molecule has 0 aliphatic carbocycles. The van der Waals surface area contributed by atoms with Gasteiger partial charge in [0.15, 0.2) is 0 Å². The maximum Gasteiger partial charge on any atom is 0.316 e. The molecule has 2 aromatic rings. The van der Waals surface area contributed by atoms with Crippen molar-refractivity contribution in [2.45, 2.75) is 27.3 Å². The van der Waals surface area contributed by atoms with Gasteiger partial charge < -0.3 is 9.80 Å². The first-order chi connectivity index (χ1) is 11.9. The molecule has 1 fully saturated rings. The molecule has 0 bridgehead atoms. The number of anilines is 1. The van der Waals surface area contributed by atoms with E-state index >= 15 is 0 Å². The second-order valence-corrected chi connectivity index (χ2v) is 6.92. The number of amides is 2. The highest BCUT2D eigenvalue weighted by molar-refractivity contribution is 6.41. The van der Waals surface area contributed by atoms with E-state index in [2.05, 4.69) is 0 Å². The van der Waals surface area contributed by atoms with Gasteiger partial charge in [-0.15, -0.1) is 0 Å². The molecular weight excluding hydrogens is 336 g/mol. The van der Waals surface area contributed by atoms with E-state index in [4.69, 9.17) is 11.6 Å². The fraction of sp³-hybridized carbons (Fsp3) is 0.300. The van der Waals surface area contributed by atoms with Crippen LogP contribution in [-0.4, -0.2) is 29.8 Å². The molecule has 1 aliphatic heterocycles. The zero-order valence-electron chi connectivity index (χ0n) is 14.7. The summed E-state index contributed by atoms with van der Waals surface area (Å²) in [6.45, 7) is 7.23. The number of nitrogens with zero attached hydrogens (tertiary/aromatic N) is 2. The summed E-state index contributed by atoms with van der Waals surface area (Å²) < 4.78 is 0. The number of hydrogen-bond acceptors (Lipinski definition) is 2. The molecule has 1 heterocycles. The van der Waals surface area contributed by atoms with Crippen LogP contribution in [0, 0.1) is 20.8 Å². The number of aryl methyl sites for hydroxylation is 3. The fourth-order valence-electron chi connectivity index (χ4n) is 3.26. The Morgan fingerprint density at radius 2 is 1.68 bits per heavy atom. The third-order valence-electron chi connectivity index (χ3n) is 4.63. The molecule has 2 aromatic carbocycles. The van der Waals surface area contributed by atoms with Crippen LogP contribution in [0.4, 0.5) is 5.69 Å². The van der Waals surface area contributed by atoms with Crippen LogP contribution in [0.2, 0.25) is 5.02 Å². The van der Waals surface area contributed by atoms with Crippen molar-refractivity contribution < 1.29 is 9.59 Å². The van der Waals surface area contributed by atoms with Gasteiger partial charge in [-0.2, -0.15) is 0 Å². The average molecular weight is 357 g/mol. The number of carbonyl (C=O) groups excluding carboxylic acids is 2. The number of rotatable bonds is 3. The van der Waals surface area contributed by atoms with Crippen LogP contribution in [-0.2, 0) is 16.1 Å². The van der Waals surface area contributed by atoms with Crippen molar-refractivity contribution in [3.8, 4) is 0 Å². The Bertz CT molecular complexity index is 824. The number of carbonyl (C=O) groups is 2. The van der Waals surface area contributed by atoms with Gasteiger partial charge in [0.2, 0.25) is 0 Å². The van der Waals surface area contributed by atoms with E-state index in [0.717, 1.165) is 27.9 Å². The van der Waals surface area contributed by atoms with Gasteiger partial charge in [0, 0.05) is 30.3 Å². The minimum Gasteiger partial charge on any atom is -0.328 e. The zero-order chi connectivity index (χ0) is 18.1. The van der Waals surface area contributed by atoms with Crippen molar-refractivity contribution in [2.75, 3.05) is 18.0 Å². The van der Waals surface area contributed by atoms with Crippen LogP contribution in [0.5, 0.6) is 0 Å². The molecule has 2 amide bonds. The summed E-state index contributed by atoms with van der Waals surface area (Å²) in [7, 11) is 0. The number of halogens is 1. The maximum absolute atomic E-state index is 12.6. The molecule has 1 saturated heterocycles. The zero-order valence-corrected chi connectivity index (χ0v) is 15.4. The molecule has 1 aliphatic rings. The predicted octanol–water partition coefficient (Wildman–Crippen LogP) is 3.64. The van der Waals surface area contributed by atoms with Crippen LogP contribution in [0.1, 0.15) is 22.3 Å². The van der Waals surface area contributed by atoms with Gasteiger partial charge >= 0.3 is 11.8 Å². The third kappa shape index (κ3) is 3.40. The van der Waals surface area contributed by atoms with Gasteiger partial charge in [0.1, 0.15) is 0 Å². The van der Waals surface area contributed by atoms with Crippen molar-refractivity contribution >= 4 is 29.1 Å². The number of piperazine rings is 1. The summed E-state index contributed by atoms with van der Waals surface area (Å²) in [5, 5.41) is 0.638. The molecule has 25 heavy (non-hydrogen) atoms. The van der Waals surface area contributed by atoms with E-state index in [1.165, 1.54) is 0 Å². The topological polar surface area (TPSA) is 40.6 Å². The lowest BCUT2D eigenvalue weighted by atomic mass is 10.0. The van der Waals surface area contributed by atoms with E-state index in [9.17, 15) is 9.59 Å². The fourth-order valence-corrected chi connectivity index (χ4v) is 3.64. The Morgan fingerprint density at radius 3 is 2.36 bits per heavy atom. The molecular formula is C20H21ClN2O2.